The number of carbonyl (C=O) groups excluding carboxylic acids is 6. The number of piperidine rings is 1. The number of benzene rings is 3. The van der Waals surface area contributed by atoms with Gasteiger partial charge in [-0.2, -0.15) is 0 Å². The zero-order valence-corrected chi connectivity index (χ0v) is 32.7. The Morgan fingerprint density at radius 1 is 1.00 bits per heavy atom. The number of anilines is 2. The number of amides is 6. The minimum atomic E-state index is -1.07. The molecule has 3 aliphatic rings. The first kappa shape index (κ1) is 39.6. The molecule has 2 unspecified atom stereocenters. The third-order valence-corrected chi connectivity index (χ3v) is 10.9. The summed E-state index contributed by atoms with van der Waals surface area (Å²) in [6, 6.07) is 11.1. The van der Waals surface area contributed by atoms with Gasteiger partial charge in [-0.05, 0) is 74.9 Å². The quantitative estimate of drug-likeness (QED) is 0.0794. The van der Waals surface area contributed by atoms with Crippen LogP contribution in [0.15, 0.2) is 60.9 Å². The molecule has 5 aromatic rings. The van der Waals surface area contributed by atoms with Crippen LogP contribution in [0, 0.1) is 5.82 Å². The number of ether oxygens (including phenoxy) is 1. The first-order valence-corrected chi connectivity index (χ1v) is 19.6. The van der Waals surface area contributed by atoms with Gasteiger partial charge in [-0.15, -0.1) is 5.10 Å². The second-order valence-corrected chi connectivity index (χ2v) is 15.0. The highest BCUT2D eigenvalue weighted by Crippen LogP contribution is 2.38. The van der Waals surface area contributed by atoms with Crippen molar-refractivity contribution in [3.63, 3.8) is 0 Å². The van der Waals surface area contributed by atoms with Crippen molar-refractivity contribution in [2.75, 3.05) is 24.7 Å². The summed E-state index contributed by atoms with van der Waals surface area (Å²) in [5, 5.41) is 20.1. The van der Waals surface area contributed by atoms with Gasteiger partial charge in [0, 0.05) is 54.5 Å². The van der Waals surface area contributed by atoms with Crippen LogP contribution in [0.1, 0.15) is 98.6 Å². The molecule has 18 heteroatoms. The maximum absolute atomic E-state index is 15.5. The largest absolute Gasteiger partial charge is 0.496 e. The topological polar surface area (TPSA) is 233 Å². The molecule has 2 fully saturated rings. The maximum atomic E-state index is 15.5. The second kappa shape index (κ2) is 16.2. The molecule has 1 aliphatic carbocycles. The molecular weight excluding hydrogens is 776 g/mol. The van der Waals surface area contributed by atoms with Gasteiger partial charge in [0.25, 0.3) is 23.6 Å². The van der Waals surface area contributed by atoms with Gasteiger partial charge in [-0.3, -0.25) is 48.6 Å². The van der Waals surface area contributed by atoms with Crippen LogP contribution in [0.5, 0.6) is 5.75 Å². The Labute approximate surface area is 342 Å². The van der Waals surface area contributed by atoms with E-state index in [9.17, 15) is 28.8 Å². The van der Waals surface area contributed by atoms with Gasteiger partial charge >= 0.3 is 0 Å². The molecule has 2 atom stereocenters. The van der Waals surface area contributed by atoms with E-state index < -0.39 is 47.4 Å². The number of aromatic nitrogens is 4. The summed E-state index contributed by atoms with van der Waals surface area (Å²) < 4.78 is 22.7. The number of aryl methyl sites for hydroxylation is 1. The third kappa shape index (κ3) is 7.70. The fourth-order valence-electron chi connectivity index (χ4n) is 7.43. The molecular formula is C42H41FN10O7. The van der Waals surface area contributed by atoms with Gasteiger partial charge in [-0.1, -0.05) is 17.3 Å². The van der Waals surface area contributed by atoms with Gasteiger partial charge in [0.05, 0.1) is 52.8 Å². The molecule has 0 radical (unpaired) electrons. The summed E-state index contributed by atoms with van der Waals surface area (Å²) in [5.41, 5.74) is 9.54. The van der Waals surface area contributed by atoms with Crippen molar-refractivity contribution in [2.24, 2.45) is 0 Å². The summed E-state index contributed by atoms with van der Waals surface area (Å²) in [6.45, 7) is 2.59. The van der Waals surface area contributed by atoms with Crippen LogP contribution in [0.3, 0.4) is 0 Å². The molecule has 4 heterocycles. The monoisotopic (exact) mass is 816 g/mol. The number of hydrogen-bond acceptors (Lipinski definition) is 12. The molecule has 8 rings (SSSR count). The highest BCUT2D eigenvalue weighted by Gasteiger charge is 2.45. The van der Waals surface area contributed by atoms with Crippen molar-refractivity contribution in [1.29, 1.82) is 0 Å². The van der Waals surface area contributed by atoms with Crippen molar-refractivity contribution in [2.45, 2.75) is 70.1 Å². The van der Waals surface area contributed by atoms with E-state index in [0.717, 1.165) is 17.7 Å². The Morgan fingerprint density at radius 3 is 2.57 bits per heavy atom. The lowest BCUT2D eigenvalue weighted by molar-refractivity contribution is -0.136. The smallest absolute Gasteiger partial charge is 0.264 e. The van der Waals surface area contributed by atoms with Crippen molar-refractivity contribution in [1.82, 2.24) is 40.8 Å². The number of carbonyl (C=O) groups is 6. The Hall–Kier alpha value is -7.24. The minimum Gasteiger partial charge on any atom is -0.496 e. The highest BCUT2D eigenvalue weighted by atomic mass is 19.1. The fourth-order valence-corrected chi connectivity index (χ4v) is 7.43. The van der Waals surface area contributed by atoms with Gasteiger partial charge in [0.2, 0.25) is 11.8 Å². The van der Waals surface area contributed by atoms with Crippen LogP contribution in [0.25, 0.3) is 22.0 Å². The third-order valence-electron chi connectivity index (χ3n) is 10.9. The number of nitrogens with zero attached hydrogens (tertiary/aromatic N) is 5. The fraction of sp³-hybridized carbons (Fsp3) is 0.310. The van der Waals surface area contributed by atoms with Crippen molar-refractivity contribution in [3.8, 4) is 16.9 Å². The Balaban J connectivity index is 0.846. The summed E-state index contributed by atoms with van der Waals surface area (Å²) >= 11 is 0. The summed E-state index contributed by atoms with van der Waals surface area (Å²) in [6.07, 6.45) is 6.30. The zero-order chi connectivity index (χ0) is 42.2. The number of rotatable bonds is 14. The van der Waals surface area contributed by atoms with E-state index in [4.69, 9.17) is 10.5 Å². The van der Waals surface area contributed by atoms with E-state index in [2.05, 4.69) is 36.6 Å². The van der Waals surface area contributed by atoms with E-state index in [1.165, 1.54) is 31.5 Å². The SMILES string of the molecule is COc1cc2ncc(C(=O)NC3CC3)c(N)c2cc1-c1ccc(C(=O)NCCCCn2cc(C(C)Nc3cccc4c3C(=O)N(C3CCC(=O)NC3=O)C4=O)nn2)c(F)c1. The van der Waals surface area contributed by atoms with E-state index in [1.807, 2.05) is 6.92 Å². The molecule has 2 aromatic heterocycles. The van der Waals surface area contributed by atoms with E-state index in [-0.39, 0.29) is 59.3 Å². The normalized spacial score (nSPS) is 16.7. The van der Waals surface area contributed by atoms with Crippen molar-refractivity contribution in [3.05, 3.63) is 94.7 Å². The van der Waals surface area contributed by atoms with E-state index in [1.54, 1.807) is 41.2 Å². The van der Waals surface area contributed by atoms with Gasteiger partial charge in [0.15, 0.2) is 0 Å². The number of nitrogens with one attached hydrogen (secondary N) is 4. The molecule has 0 spiro atoms. The van der Waals surface area contributed by atoms with Crippen molar-refractivity contribution >= 4 is 57.7 Å². The lowest BCUT2D eigenvalue weighted by atomic mass is 9.98. The molecule has 308 valence electrons. The number of pyridine rings is 1. The predicted octanol–water partition coefficient (Wildman–Crippen LogP) is 3.90. The van der Waals surface area contributed by atoms with Gasteiger partial charge in [-0.25, -0.2) is 4.39 Å². The van der Waals surface area contributed by atoms with Crippen LogP contribution in [0.2, 0.25) is 0 Å². The Bertz CT molecular complexity index is 2610. The number of methoxy groups -OCH3 is 1. The first-order valence-electron chi connectivity index (χ1n) is 19.6. The van der Waals surface area contributed by atoms with Crippen LogP contribution in [-0.4, -0.2) is 86.1 Å². The summed E-state index contributed by atoms with van der Waals surface area (Å²) in [7, 11) is 1.48. The average Bonchev–Trinajstić information content (AvgIpc) is 3.85. The molecule has 1 saturated carbocycles. The number of nitrogen functional groups attached to an aromatic ring is 1. The molecule has 60 heavy (non-hydrogen) atoms. The summed E-state index contributed by atoms with van der Waals surface area (Å²) in [5.74, 6) is -3.52. The van der Waals surface area contributed by atoms with Crippen molar-refractivity contribution < 1.29 is 37.9 Å². The first-order chi connectivity index (χ1) is 28.9. The number of imide groups is 2. The standard InChI is InChI=1S/C42H41FN10O7/c1-21(47-30-7-5-6-25-36(30)42(59)53(41(25)58)33-12-13-35(54)49-40(33)57)32-20-52(51-50-32)15-4-3-14-45-38(55)24-11-8-22(16-29(24)43)26-17-27-31(18-34(26)60-2)46-19-28(37(27)44)39(56)48-23-9-10-23/h5-8,11,16-21,23,33,47H,3-4,9-10,12-15H2,1-2H3,(H2,44,46)(H,45,55)(H,48,56)(H,49,54,57). The number of unbranched alkanes of at least 4 members (excludes halogenated alkanes) is 1. The van der Waals surface area contributed by atoms with Crippen LogP contribution in [0.4, 0.5) is 15.8 Å². The molecule has 3 aromatic carbocycles. The predicted molar refractivity (Wildman–Crippen MR) is 215 cm³/mol. The molecule has 6 N–H and O–H groups in total. The Morgan fingerprint density at radius 2 is 1.82 bits per heavy atom. The van der Waals surface area contributed by atoms with Crippen LogP contribution in [-0.2, 0) is 16.1 Å². The van der Waals surface area contributed by atoms with Gasteiger partial charge < -0.3 is 26.4 Å². The molecule has 1 saturated heterocycles. The molecule has 0 bridgehead atoms. The number of hydrogen-bond donors (Lipinski definition) is 5. The lowest BCUT2D eigenvalue weighted by Gasteiger charge is -2.27. The zero-order valence-electron chi connectivity index (χ0n) is 32.7. The number of nitrogens with two attached hydrogens (primary N) is 1. The molecule has 6 amide bonds. The highest BCUT2D eigenvalue weighted by molar-refractivity contribution is 6.25. The number of halogens is 1. The summed E-state index contributed by atoms with van der Waals surface area (Å²) in [4.78, 5) is 81.9. The van der Waals surface area contributed by atoms with Crippen LogP contribution >= 0.6 is 0 Å². The Kier molecular flexibility index (Phi) is 10.7. The van der Waals surface area contributed by atoms with E-state index in [0.29, 0.717) is 58.5 Å². The minimum absolute atomic E-state index is 0.0252. The number of fused-ring (bicyclic) bond motifs is 2. The molecule has 17 nitrogen and oxygen atoms in total. The van der Waals surface area contributed by atoms with Crippen LogP contribution < -0.4 is 31.7 Å². The van der Waals surface area contributed by atoms with Gasteiger partial charge in [0.1, 0.15) is 23.3 Å². The maximum Gasteiger partial charge on any atom is 0.264 e. The second-order valence-electron chi connectivity index (χ2n) is 15.0. The van der Waals surface area contributed by atoms with E-state index >= 15 is 4.39 Å². The molecule has 2 aliphatic heterocycles. The lowest BCUT2D eigenvalue weighted by Crippen LogP contribution is -2.54. The average molecular weight is 817 g/mol.